The lowest BCUT2D eigenvalue weighted by Crippen LogP contribution is -2.41. The zero-order chi connectivity index (χ0) is 14.8. The second-order valence-corrected chi connectivity index (χ2v) is 6.16. The standard InChI is InChI=1S/C19H22FN/c1-13-5-3-4-6-19(13)16-11-18(12-16)21-14(2)15-7-9-17(20)10-8-15/h3-10,14,16,18,21H,11-12H2,1-2H3/t14-,16?,18?/m0/s1. The minimum atomic E-state index is -0.172. The minimum absolute atomic E-state index is 0.172. The number of rotatable bonds is 4. The highest BCUT2D eigenvalue weighted by atomic mass is 19.1. The van der Waals surface area contributed by atoms with Crippen molar-refractivity contribution in [3.8, 4) is 0 Å². The van der Waals surface area contributed by atoms with E-state index in [0.717, 1.165) is 5.56 Å². The number of nitrogens with one attached hydrogen (secondary N) is 1. The Morgan fingerprint density at radius 1 is 1.05 bits per heavy atom. The van der Waals surface area contributed by atoms with Gasteiger partial charge in [-0.3, -0.25) is 0 Å². The molecule has 110 valence electrons. The average molecular weight is 283 g/mol. The summed E-state index contributed by atoms with van der Waals surface area (Å²) in [6.45, 7) is 4.34. The Kier molecular flexibility index (Phi) is 4.07. The van der Waals surface area contributed by atoms with Crippen LogP contribution in [0.1, 0.15) is 48.4 Å². The maximum absolute atomic E-state index is 12.9. The van der Waals surface area contributed by atoms with E-state index in [1.54, 1.807) is 0 Å². The van der Waals surface area contributed by atoms with Crippen LogP contribution >= 0.6 is 0 Å². The average Bonchev–Trinajstić information content (AvgIpc) is 2.44. The van der Waals surface area contributed by atoms with Crippen molar-refractivity contribution >= 4 is 0 Å². The van der Waals surface area contributed by atoms with Gasteiger partial charge in [-0.1, -0.05) is 36.4 Å². The maximum Gasteiger partial charge on any atom is 0.123 e. The molecular weight excluding hydrogens is 261 g/mol. The molecule has 0 unspecified atom stereocenters. The Balaban J connectivity index is 1.55. The molecule has 0 saturated heterocycles. The van der Waals surface area contributed by atoms with Crippen LogP contribution in [0.15, 0.2) is 48.5 Å². The van der Waals surface area contributed by atoms with E-state index in [0.29, 0.717) is 12.0 Å². The topological polar surface area (TPSA) is 12.0 Å². The summed E-state index contributed by atoms with van der Waals surface area (Å²) in [5, 5.41) is 3.65. The lowest BCUT2D eigenvalue weighted by atomic mass is 9.74. The lowest BCUT2D eigenvalue weighted by Gasteiger charge is -2.39. The van der Waals surface area contributed by atoms with Gasteiger partial charge in [-0.15, -0.1) is 0 Å². The molecule has 1 fully saturated rings. The summed E-state index contributed by atoms with van der Waals surface area (Å²) < 4.78 is 12.9. The Morgan fingerprint density at radius 2 is 1.71 bits per heavy atom. The fraction of sp³-hybridized carbons (Fsp3) is 0.368. The molecular formula is C19H22FN. The van der Waals surface area contributed by atoms with Gasteiger partial charge in [0, 0.05) is 12.1 Å². The number of hydrogen-bond acceptors (Lipinski definition) is 1. The molecule has 0 aliphatic heterocycles. The highest BCUT2D eigenvalue weighted by molar-refractivity contribution is 5.31. The van der Waals surface area contributed by atoms with E-state index in [1.165, 1.54) is 36.1 Å². The monoisotopic (exact) mass is 283 g/mol. The van der Waals surface area contributed by atoms with E-state index in [-0.39, 0.29) is 11.9 Å². The summed E-state index contributed by atoms with van der Waals surface area (Å²) >= 11 is 0. The fourth-order valence-corrected chi connectivity index (χ4v) is 3.25. The summed E-state index contributed by atoms with van der Waals surface area (Å²) in [6, 6.07) is 16.3. The van der Waals surface area contributed by atoms with E-state index >= 15 is 0 Å². The van der Waals surface area contributed by atoms with E-state index in [9.17, 15) is 4.39 Å². The van der Waals surface area contributed by atoms with Crippen LogP contribution in [-0.4, -0.2) is 6.04 Å². The lowest BCUT2D eigenvalue weighted by molar-refractivity contribution is 0.270. The van der Waals surface area contributed by atoms with Crippen molar-refractivity contribution < 1.29 is 4.39 Å². The molecule has 3 rings (SSSR count). The van der Waals surface area contributed by atoms with Crippen molar-refractivity contribution in [2.75, 3.05) is 0 Å². The molecule has 21 heavy (non-hydrogen) atoms. The van der Waals surface area contributed by atoms with Gasteiger partial charge in [-0.2, -0.15) is 0 Å². The summed E-state index contributed by atoms with van der Waals surface area (Å²) in [5.41, 5.74) is 4.04. The molecule has 1 N–H and O–H groups in total. The van der Waals surface area contributed by atoms with E-state index in [2.05, 4.69) is 43.4 Å². The molecule has 1 atom stereocenters. The first-order valence-corrected chi connectivity index (χ1v) is 7.70. The Labute approximate surface area is 126 Å². The van der Waals surface area contributed by atoms with Crippen molar-refractivity contribution in [1.82, 2.24) is 5.32 Å². The first-order valence-electron chi connectivity index (χ1n) is 7.70. The molecule has 1 nitrogen and oxygen atoms in total. The van der Waals surface area contributed by atoms with Gasteiger partial charge in [0.1, 0.15) is 5.82 Å². The maximum atomic E-state index is 12.9. The molecule has 1 aliphatic carbocycles. The third kappa shape index (κ3) is 3.16. The van der Waals surface area contributed by atoms with Gasteiger partial charge in [-0.05, 0) is 61.4 Å². The van der Waals surface area contributed by atoms with Crippen molar-refractivity contribution in [1.29, 1.82) is 0 Å². The second-order valence-electron chi connectivity index (χ2n) is 6.16. The zero-order valence-corrected chi connectivity index (χ0v) is 12.6. The first kappa shape index (κ1) is 14.3. The predicted molar refractivity (Wildman–Crippen MR) is 84.9 cm³/mol. The fourth-order valence-electron chi connectivity index (χ4n) is 3.25. The van der Waals surface area contributed by atoms with Crippen LogP contribution in [0.2, 0.25) is 0 Å². The molecule has 2 heteroatoms. The molecule has 1 saturated carbocycles. The van der Waals surface area contributed by atoms with Gasteiger partial charge in [0.2, 0.25) is 0 Å². The van der Waals surface area contributed by atoms with Crippen LogP contribution in [-0.2, 0) is 0 Å². The van der Waals surface area contributed by atoms with Gasteiger partial charge in [0.25, 0.3) is 0 Å². The Bertz CT molecular complexity index is 599. The molecule has 0 radical (unpaired) electrons. The first-order chi connectivity index (χ1) is 10.1. The van der Waals surface area contributed by atoms with Crippen LogP contribution in [0.3, 0.4) is 0 Å². The van der Waals surface area contributed by atoms with Crippen molar-refractivity contribution in [3.63, 3.8) is 0 Å². The minimum Gasteiger partial charge on any atom is -0.307 e. The van der Waals surface area contributed by atoms with Gasteiger partial charge in [-0.25, -0.2) is 4.39 Å². The zero-order valence-electron chi connectivity index (χ0n) is 12.6. The predicted octanol–water partition coefficient (Wildman–Crippen LogP) is 4.73. The van der Waals surface area contributed by atoms with Crippen molar-refractivity contribution in [2.45, 2.75) is 44.7 Å². The van der Waals surface area contributed by atoms with Crippen LogP contribution in [0.5, 0.6) is 0 Å². The van der Waals surface area contributed by atoms with Gasteiger partial charge in [0.05, 0.1) is 0 Å². The molecule has 2 aromatic rings. The van der Waals surface area contributed by atoms with Crippen LogP contribution in [0.25, 0.3) is 0 Å². The summed E-state index contributed by atoms with van der Waals surface area (Å²) in [7, 11) is 0. The smallest absolute Gasteiger partial charge is 0.123 e. The number of aryl methyl sites for hydroxylation is 1. The molecule has 2 aromatic carbocycles. The number of hydrogen-bond donors (Lipinski definition) is 1. The van der Waals surface area contributed by atoms with E-state index < -0.39 is 0 Å². The second kappa shape index (κ2) is 5.98. The molecule has 0 bridgehead atoms. The normalized spacial score (nSPS) is 22.6. The molecule has 0 aromatic heterocycles. The van der Waals surface area contributed by atoms with Gasteiger partial charge < -0.3 is 5.32 Å². The molecule has 1 aliphatic rings. The molecule has 0 spiro atoms. The summed E-state index contributed by atoms with van der Waals surface area (Å²) in [6.07, 6.45) is 2.38. The summed E-state index contributed by atoms with van der Waals surface area (Å²) in [5.74, 6) is 0.512. The highest BCUT2D eigenvalue weighted by Crippen LogP contribution is 2.39. The SMILES string of the molecule is Cc1ccccc1C1CC(N[C@@H](C)c2ccc(F)cc2)C1. The molecule has 0 heterocycles. The van der Waals surface area contributed by atoms with Gasteiger partial charge >= 0.3 is 0 Å². The Morgan fingerprint density at radius 3 is 2.38 bits per heavy atom. The number of benzene rings is 2. The third-order valence-corrected chi connectivity index (χ3v) is 4.62. The van der Waals surface area contributed by atoms with Crippen LogP contribution in [0, 0.1) is 12.7 Å². The van der Waals surface area contributed by atoms with Crippen molar-refractivity contribution in [3.05, 3.63) is 71.0 Å². The quantitative estimate of drug-likeness (QED) is 0.855. The highest BCUT2D eigenvalue weighted by Gasteiger charge is 2.31. The third-order valence-electron chi connectivity index (χ3n) is 4.62. The largest absolute Gasteiger partial charge is 0.307 e. The van der Waals surface area contributed by atoms with Gasteiger partial charge in [0.15, 0.2) is 0 Å². The van der Waals surface area contributed by atoms with E-state index in [1.807, 2.05) is 12.1 Å². The molecule has 0 amide bonds. The summed E-state index contributed by atoms with van der Waals surface area (Å²) in [4.78, 5) is 0. The van der Waals surface area contributed by atoms with Crippen LogP contribution in [0.4, 0.5) is 4.39 Å². The van der Waals surface area contributed by atoms with E-state index in [4.69, 9.17) is 0 Å². The van der Waals surface area contributed by atoms with Crippen LogP contribution < -0.4 is 5.32 Å². The Hall–Kier alpha value is -1.67. The number of halogens is 1. The van der Waals surface area contributed by atoms with Crippen molar-refractivity contribution in [2.24, 2.45) is 0 Å².